The molecule has 6 heteroatoms. The first kappa shape index (κ1) is 15.1. The zero-order valence-electron chi connectivity index (χ0n) is 13.9. The molecule has 25 heavy (non-hydrogen) atoms. The molecule has 0 aliphatic rings. The zero-order valence-corrected chi connectivity index (χ0v) is 13.9. The molecular weight excluding hydrogens is 316 g/mol. The van der Waals surface area contributed by atoms with E-state index in [0.29, 0.717) is 11.1 Å². The number of pyridine rings is 1. The molecule has 2 aromatic carbocycles. The third-order valence-corrected chi connectivity index (χ3v) is 4.55. The number of hydrogen-bond acceptors (Lipinski definition) is 4. The molecular formula is C19H16N4O2. The lowest BCUT2D eigenvalue weighted by molar-refractivity contribution is 0.697. The lowest BCUT2D eigenvalue weighted by Gasteiger charge is -2.15. The third-order valence-electron chi connectivity index (χ3n) is 4.55. The normalized spacial score (nSPS) is 11.3. The molecule has 0 radical (unpaired) electrons. The molecule has 0 spiro atoms. The first-order valence-electron chi connectivity index (χ1n) is 7.84. The Morgan fingerprint density at radius 3 is 1.88 bits per heavy atom. The maximum absolute atomic E-state index is 12.9. The van der Waals surface area contributed by atoms with Gasteiger partial charge >= 0.3 is 5.69 Å². The van der Waals surface area contributed by atoms with Gasteiger partial charge in [-0.2, -0.15) is 0 Å². The maximum atomic E-state index is 12.9. The quantitative estimate of drug-likeness (QED) is 0.541. The van der Waals surface area contributed by atoms with Gasteiger partial charge in [0, 0.05) is 30.4 Å². The minimum Gasteiger partial charge on any atom is -0.384 e. The van der Waals surface area contributed by atoms with Crippen molar-refractivity contribution >= 4 is 27.6 Å². The van der Waals surface area contributed by atoms with Crippen molar-refractivity contribution in [2.75, 3.05) is 5.73 Å². The second kappa shape index (κ2) is 5.31. The Kier molecular flexibility index (Phi) is 3.21. The summed E-state index contributed by atoms with van der Waals surface area (Å²) in [5.41, 5.74) is 7.89. The number of nitrogens with two attached hydrogens (primary N) is 1. The molecule has 0 saturated heterocycles. The number of nitrogen functional groups attached to an aromatic ring is 1. The van der Waals surface area contributed by atoms with Crippen LogP contribution in [0.5, 0.6) is 0 Å². The Labute approximate surface area is 142 Å². The van der Waals surface area contributed by atoms with Crippen molar-refractivity contribution in [3.63, 3.8) is 0 Å². The number of rotatable bonds is 1. The molecule has 6 nitrogen and oxygen atoms in total. The van der Waals surface area contributed by atoms with Crippen LogP contribution in [0.4, 0.5) is 5.82 Å². The standard InChI is InChI=1S/C19H16N4O2/c1-22-17(20)16(18(24)23(2)19(22)25)15-11-7-3-5-9-13(11)21-14-10-6-4-8-12(14)15/h3-10H,20H2,1-2H3. The second-order valence-corrected chi connectivity index (χ2v) is 5.99. The molecule has 0 aliphatic carbocycles. The van der Waals surface area contributed by atoms with Crippen LogP contribution in [-0.4, -0.2) is 14.1 Å². The minimum atomic E-state index is -0.450. The van der Waals surface area contributed by atoms with E-state index in [4.69, 9.17) is 5.73 Å². The molecule has 2 heterocycles. The molecule has 0 saturated carbocycles. The summed E-state index contributed by atoms with van der Waals surface area (Å²) in [6.45, 7) is 0. The molecule has 4 aromatic rings. The lowest BCUT2D eigenvalue weighted by atomic mass is 9.97. The Morgan fingerprint density at radius 2 is 1.32 bits per heavy atom. The van der Waals surface area contributed by atoms with Crippen molar-refractivity contribution in [3.8, 4) is 11.1 Å². The summed E-state index contributed by atoms with van der Waals surface area (Å²) in [5.74, 6) is 0.148. The fourth-order valence-electron chi connectivity index (χ4n) is 3.20. The molecule has 0 atom stereocenters. The predicted molar refractivity (Wildman–Crippen MR) is 99.6 cm³/mol. The first-order chi connectivity index (χ1) is 12.0. The molecule has 124 valence electrons. The highest BCUT2D eigenvalue weighted by Crippen LogP contribution is 2.34. The van der Waals surface area contributed by atoms with Gasteiger partial charge in [-0.05, 0) is 12.1 Å². The summed E-state index contributed by atoms with van der Waals surface area (Å²) in [6, 6.07) is 15.2. The van der Waals surface area contributed by atoms with Crippen molar-refractivity contribution in [3.05, 3.63) is 69.4 Å². The summed E-state index contributed by atoms with van der Waals surface area (Å²) in [6.07, 6.45) is 0. The summed E-state index contributed by atoms with van der Waals surface area (Å²) in [7, 11) is 3.02. The number of nitrogens with zero attached hydrogens (tertiary/aromatic N) is 3. The Bertz CT molecular complexity index is 1210. The molecule has 0 fully saturated rings. The van der Waals surface area contributed by atoms with E-state index in [1.165, 1.54) is 11.6 Å². The van der Waals surface area contributed by atoms with Gasteiger partial charge in [-0.1, -0.05) is 36.4 Å². The van der Waals surface area contributed by atoms with Crippen molar-refractivity contribution in [1.82, 2.24) is 14.1 Å². The van der Waals surface area contributed by atoms with Crippen LogP contribution in [0, 0.1) is 0 Å². The number of benzene rings is 2. The smallest absolute Gasteiger partial charge is 0.332 e. The van der Waals surface area contributed by atoms with E-state index in [1.807, 2.05) is 48.5 Å². The van der Waals surface area contributed by atoms with Gasteiger partial charge in [0.2, 0.25) is 0 Å². The number of hydrogen-bond donors (Lipinski definition) is 1. The first-order valence-corrected chi connectivity index (χ1v) is 7.84. The average molecular weight is 332 g/mol. The Hall–Kier alpha value is -3.41. The molecule has 2 N–H and O–H groups in total. The second-order valence-electron chi connectivity index (χ2n) is 5.99. The molecule has 0 unspecified atom stereocenters. The van der Waals surface area contributed by atoms with E-state index >= 15 is 0 Å². The van der Waals surface area contributed by atoms with E-state index < -0.39 is 11.2 Å². The summed E-state index contributed by atoms with van der Waals surface area (Å²) in [4.78, 5) is 29.7. The van der Waals surface area contributed by atoms with Gasteiger partial charge in [0.25, 0.3) is 5.56 Å². The molecule has 4 rings (SSSR count). The number of fused-ring (bicyclic) bond motifs is 2. The number of anilines is 1. The van der Waals surface area contributed by atoms with Crippen LogP contribution in [0.25, 0.3) is 32.9 Å². The van der Waals surface area contributed by atoms with Gasteiger partial charge in [0.05, 0.1) is 16.6 Å². The van der Waals surface area contributed by atoms with E-state index in [2.05, 4.69) is 4.98 Å². The van der Waals surface area contributed by atoms with Gasteiger partial charge in [-0.3, -0.25) is 13.9 Å². The van der Waals surface area contributed by atoms with Crippen LogP contribution >= 0.6 is 0 Å². The van der Waals surface area contributed by atoms with Crippen LogP contribution in [0.15, 0.2) is 58.1 Å². The van der Waals surface area contributed by atoms with Crippen LogP contribution < -0.4 is 17.0 Å². The zero-order chi connectivity index (χ0) is 17.7. The molecule has 0 bridgehead atoms. The van der Waals surface area contributed by atoms with Crippen LogP contribution in [-0.2, 0) is 14.1 Å². The third kappa shape index (κ3) is 2.07. The fourth-order valence-corrected chi connectivity index (χ4v) is 3.20. The van der Waals surface area contributed by atoms with Crippen molar-refractivity contribution in [1.29, 1.82) is 0 Å². The van der Waals surface area contributed by atoms with Gasteiger partial charge < -0.3 is 5.73 Å². The van der Waals surface area contributed by atoms with Gasteiger partial charge in [0.15, 0.2) is 0 Å². The largest absolute Gasteiger partial charge is 0.384 e. The van der Waals surface area contributed by atoms with Crippen molar-refractivity contribution in [2.24, 2.45) is 14.1 Å². The Morgan fingerprint density at radius 1 is 0.800 bits per heavy atom. The SMILES string of the molecule is Cn1c(N)c(-c2c3ccccc3nc3ccccc23)c(=O)n(C)c1=O. The maximum Gasteiger partial charge on any atom is 0.332 e. The highest BCUT2D eigenvalue weighted by Gasteiger charge is 2.20. The highest BCUT2D eigenvalue weighted by molar-refractivity contribution is 6.10. The van der Waals surface area contributed by atoms with E-state index in [-0.39, 0.29) is 5.82 Å². The van der Waals surface area contributed by atoms with Gasteiger partial charge in [-0.25, -0.2) is 9.78 Å². The van der Waals surface area contributed by atoms with Crippen LogP contribution in [0.3, 0.4) is 0 Å². The van der Waals surface area contributed by atoms with Crippen molar-refractivity contribution < 1.29 is 0 Å². The number of para-hydroxylation sites is 2. The molecule has 0 amide bonds. The monoisotopic (exact) mass is 332 g/mol. The van der Waals surface area contributed by atoms with Crippen LogP contribution in [0.1, 0.15) is 0 Å². The lowest BCUT2D eigenvalue weighted by Crippen LogP contribution is -2.39. The summed E-state index contributed by atoms with van der Waals surface area (Å²) < 4.78 is 2.37. The molecule has 2 aromatic heterocycles. The van der Waals surface area contributed by atoms with Gasteiger partial charge in [0.1, 0.15) is 5.82 Å². The highest BCUT2D eigenvalue weighted by atomic mass is 16.2. The topological polar surface area (TPSA) is 82.9 Å². The predicted octanol–water partition coefficient (Wildman–Crippen LogP) is 2.03. The van der Waals surface area contributed by atoms with E-state index in [1.54, 1.807) is 7.05 Å². The van der Waals surface area contributed by atoms with Crippen molar-refractivity contribution in [2.45, 2.75) is 0 Å². The minimum absolute atomic E-state index is 0.148. The van der Waals surface area contributed by atoms with Gasteiger partial charge in [-0.15, -0.1) is 0 Å². The summed E-state index contributed by atoms with van der Waals surface area (Å²) in [5, 5.41) is 1.65. The van der Waals surface area contributed by atoms with E-state index in [9.17, 15) is 9.59 Å². The summed E-state index contributed by atoms with van der Waals surface area (Å²) >= 11 is 0. The molecule has 0 aliphatic heterocycles. The number of aromatic nitrogens is 3. The Balaban J connectivity index is 2.33. The fraction of sp³-hybridized carbons (Fsp3) is 0.105. The van der Waals surface area contributed by atoms with Crippen LogP contribution in [0.2, 0.25) is 0 Å². The van der Waals surface area contributed by atoms with E-state index in [0.717, 1.165) is 26.4 Å². The average Bonchev–Trinajstić information content (AvgIpc) is 2.64.